The van der Waals surface area contributed by atoms with Crippen molar-refractivity contribution in [1.82, 2.24) is 4.90 Å². The van der Waals surface area contributed by atoms with Gasteiger partial charge in [-0.1, -0.05) is 48.2 Å². The molecule has 6 heteroatoms. The maximum absolute atomic E-state index is 12.6. The van der Waals surface area contributed by atoms with Crippen molar-refractivity contribution in [2.24, 2.45) is 5.92 Å². The molecule has 1 aliphatic heterocycles. The molecular weight excluding hydrogens is 407 g/mol. The van der Waals surface area contributed by atoms with Gasteiger partial charge >= 0.3 is 0 Å². The van der Waals surface area contributed by atoms with Crippen LogP contribution in [0.5, 0.6) is 11.5 Å². The quantitative estimate of drug-likeness (QED) is 0.595. The number of benzene rings is 2. The van der Waals surface area contributed by atoms with Crippen molar-refractivity contribution in [2.45, 2.75) is 44.6 Å². The number of piperidine rings is 1. The van der Waals surface area contributed by atoms with E-state index in [1.54, 1.807) is 18.2 Å². The van der Waals surface area contributed by atoms with Gasteiger partial charge in [0, 0.05) is 30.1 Å². The van der Waals surface area contributed by atoms with Gasteiger partial charge in [-0.2, -0.15) is 0 Å². The number of nitrogens with one attached hydrogen (secondary N) is 1. The standard InChI is InChI=1S/C23H26Cl2N2O2/c24-17-9-10-21(19(25)15-17)29-22-8-4-3-7-20(22)26-18-11-13-27(14-12-18)23(28)16-5-1-2-6-16/h3-4,7-10,15-16,18,26H,1-2,5-6,11-14H2. The molecule has 2 aromatic carbocycles. The molecule has 1 saturated carbocycles. The minimum atomic E-state index is 0.262. The van der Waals surface area contributed by atoms with Crippen LogP contribution in [0.1, 0.15) is 38.5 Å². The van der Waals surface area contributed by atoms with E-state index in [-0.39, 0.29) is 5.92 Å². The molecule has 1 N–H and O–H groups in total. The lowest BCUT2D eigenvalue weighted by Gasteiger charge is -2.34. The van der Waals surface area contributed by atoms with Gasteiger partial charge in [-0.3, -0.25) is 4.79 Å². The normalized spacial score (nSPS) is 18.1. The maximum Gasteiger partial charge on any atom is 0.225 e. The van der Waals surface area contributed by atoms with Crippen molar-refractivity contribution in [3.8, 4) is 11.5 Å². The predicted octanol–water partition coefficient (Wildman–Crippen LogP) is 6.38. The Kier molecular flexibility index (Phi) is 6.51. The molecule has 0 spiro atoms. The number of ether oxygens (including phenoxy) is 1. The Morgan fingerprint density at radius 1 is 0.966 bits per heavy atom. The molecule has 2 aliphatic rings. The Morgan fingerprint density at radius 2 is 1.69 bits per heavy atom. The molecule has 0 atom stereocenters. The molecule has 0 bridgehead atoms. The van der Waals surface area contributed by atoms with Crippen molar-refractivity contribution in [1.29, 1.82) is 0 Å². The van der Waals surface area contributed by atoms with Crippen molar-refractivity contribution in [3.63, 3.8) is 0 Å². The highest BCUT2D eigenvalue weighted by molar-refractivity contribution is 6.35. The second-order valence-corrected chi connectivity index (χ2v) is 8.74. The van der Waals surface area contributed by atoms with Crippen LogP contribution in [0.3, 0.4) is 0 Å². The zero-order chi connectivity index (χ0) is 20.2. The zero-order valence-electron chi connectivity index (χ0n) is 16.4. The topological polar surface area (TPSA) is 41.6 Å². The number of carbonyl (C=O) groups is 1. The Labute approximate surface area is 182 Å². The molecule has 1 aliphatic carbocycles. The fourth-order valence-electron chi connectivity index (χ4n) is 4.25. The van der Waals surface area contributed by atoms with E-state index in [4.69, 9.17) is 27.9 Å². The fourth-order valence-corrected chi connectivity index (χ4v) is 4.69. The Bertz CT molecular complexity index is 860. The van der Waals surface area contributed by atoms with Crippen LogP contribution >= 0.6 is 23.2 Å². The number of rotatable bonds is 5. The maximum atomic E-state index is 12.6. The van der Waals surface area contributed by atoms with Gasteiger partial charge < -0.3 is 15.0 Å². The number of hydrogen-bond acceptors (Lipinski definition) is 3. The van der Waals surface area contributed by atoms with Crippen LogP contribution in [0.2, 0.25) is 10.0 Å². The van der Waals surface area contributed by atoms with E-state index in [0.717, 1.165) is 50.2 Å². The smallest absolute Gasteiger partial charge is 0.225 e. The van der Waals surface area contributed by atoms with Crippen LogP contribution in [0.25, 0.3) is 0 Å². The molecule has 0 unspecified atom stereocenters. The molecular formula is C23H26Cl2N2O2. The average Bonchev–Trinajstić information content (AvgIpc) is 3.26. The second kappa shape index (κ2) is 9.27. The number of para-hydroxylation sites is 2. The molecule has 2 aromatic rings. The van der Waals surface area contributed by atoms with E-state index in [1.807, 2.05) is 24.3 Å². The number of likely N-dealkylation sites (tertiary alicyclic amines) is 1. The second-order valence-electron chi connectivity index (χ2n) is 7.90. The van der Waals surface area contributed by atoms with Gasteiger partial charge in [0.1, 0.15) is 5.75 Å². The number of halogens is 2. The van der Waals surface area contributed by atoms with Gasteiger partial charge in [0.05, 0.1) is 10.7 Å². The van der Waals surface area contributed by atoms with Gasteiger partial charge in [-0.15, -0.1) is 0 Å². The van der Waals surface area contributed by atoms with Gasteiger partial charge in [-0.25, -0.2) is 0 Å². The van der Waals surface area contributed by atoms with E-state index in [2.05, 4.69) is 10.2 Å². The third-order valence-corrected chi connectivity index (χ3v) is 6.40. The minimum Gasteiger partial charge on any atom is -0.454 e. The highest BCUT2D eigenvalue weighted by Crippen LogP contribution is 2.36. The first kappa shape index (κ1) is 20.4. The molecule has 29 heavy (non-hydrogen) atoms. The van der Waals surface area contributed by atoms with Crippen molar-refractivity contribution in [2.75, 3.05) is 18.4 Å². The summed E-state index contributed by atoms with van der Waals surface area (Å²) in [5.74, 6) is 1.92. The van der Waals surface area contributed by atoms with Crippen LogP contribution in [-0.4, -0.2) is 29.9 Å². The summed E-state index contributed by atoms with van der Waals surface area (Å²) in [5, 5.41) is 4.65. The van der Waals surface area contributed by atoms with Gasteiger partial charge in [0.25, 0.3) is 0 Å². The number of anilines is 1. The molecule has 4 nitrogen and oxygen atoms in total. The number of nitrogens with zero attached hydrogens (tertiary/aromatic N) is 1. The summed E-state index contributed by atoms with van der Waals surface area (Å²) in [6.07, 6.45) is 6.40. The summed E-state index contributed by atoms with van der Waals surface area (Å²) in [4.78, 5) is 14.7. The average molecular weight is 433 g/mol. The van der Waals surface area contributed by atoms with Crippen LogP contribution < -0.4 is 10.1 Å². The summed E-state index contributed by atoms with van der Waals surface area (Å²) in [7, 11) is 0. The fraction of sp³-hybridized carbons (Fsp3) is 0.435. The minimum absolute atomic E-state index is 0.262. The molecule has 1 saturated heterocycles. The number of hydrogen-bond donors (Lipinski definition) is 1. The summed E-state index contributed by atoms with van der Waals surface area (Å²) >= 11 is 12.2. The van der Waals surface area contributed by atoms with Crippen LogP contribution in [0.15, 0.2) is 42.5 Å². The summed E-state index contributed by atoms with van der Waals surface area (Å²) in [5.41, 5.74) is 0.930. The Hall–Kier alpha value is -1.91. The van der Waals surface area contributed by atoms with E-state index in [1.165, 1.54) is 12.8 Å². The van der Waals surface area contributed by atoms with Gasteiger partial charge in [0.15, 0.2) is 5.75 Å². The highest BCUT2D eigenvalue weighted by Gasteiger charge is 2.30. The van der Waals surface area contributed by atoms with Crippen molar-refractivity contribution < 1.29 is 9.53 Å². The third kappa shape index (κ3) is 4.99. The van der Waals surface area contributed by atoms with E-state index < -0.39 is 0 Å². The van der Waals surface area contributed by atoms with Crippen LogP contribution in [0.4, 0.5) is 5.69 Å². The largest absolute Gasteiger partial charge is 0.454 e. The lowest BCUT2D eigenvalue weighted by Crippen LogP contribution is -2.44. The van der Waals surface area contributed by atoms with E-state index >= 15 is 0 Å². The first-order valence-electron chi connectivity index (χ1n) is 10.4. The third-order valence-electron chi connectivity index (χ3n) is 5.87. The molecule has 2 fully saturated rings. The number of carbonyl (C=O) groups excluding carboxylic acids is 1. The Balaban J connectivity index is 1.37. The molecule has 1 heterocycles. The lowest BCUT2D eigenvalue weighted by atomic mass is 10.0. The first-order valence-corrected chi connectivity index (χ1v) is 11.1. The molecule has 0 aromatic heterocycles. The summed E-state index contributed by atoms with van der Waals surface area (Å²) in [6, 6.07) is 13.4. The monoisotopic (exact) mass is 432 g/mol. The van der Waals surface area contributed by atoms with Crippen LogP contribution in [0, 0.1) is 5.92 Å². The molecule has 0 radical (unpaired) electrons. The molecule has 4 rings (SSSR count). The predicted molar refractivity (Wildman–Crippen MR) is 118 cm³/mol. The van der Waals surface area contributed by atoms with E-state index in [9.17, 15) is 4.79 Å². The van der Waals surface area contributed by atoms with E-state index in [0.29, 0.717) is 27.7 Å². The van der Waals surface area contributed by atoms with Crippen molar-refractivity contribution >= 4 is 34.8 Å². The molecule has 154 valence electrons. The molecule has 1 amide bonds. The lowest BCUT2D eigenvalue weighted by molar-refractivity contribution is -0.136. The van der Waals surface area contributed by atoms with Gasteiger partial charge in [0.2, 0.25) is 5.91 Å². The summed E-state index contributed by atoms with van der Waals surface area (Å²) in [6.45, 7) is 1.64. The van der Waals surface area contributed by atoms with Crippen molar-refractivity contribution in [3.05, 3.63) is 52.5 Å². The Morgan fingerprint density at radius 3 is 2.41 bits per heavy atom. The van der Waals surface area contributed by atoms with Crippen LogP contribution in [-0.2, 0) is 4.79 Å². The van der Waals surface area contributed by atoms with Gasteiger partial charge in [-0.05, 0) is 56.0 Å². The zero-order valence-corrected chi connectivity index (χ0v) is 17.9. The summed E-state index contributed by atoms with van der Waals surface area (Å²) < 4.78 is 6.05. The first-order chi connectivity index (χ1) is 14.1. The SMILES string of the molecule is O=C(C1CCCC1)N1CCC(Nc2ccccc2Oc2ccc(Cl)cc2Cl)CC1. The number of amides is 1. The highest BCUT2D eigenvalue weighted by atomic mass is 35.5.